The Balaban J connectivity index is 1.99. The molecule has 0 aliphatic carbocycles. The van der Waals surface area contributed by atoms with Crippen molar-refractivity contribution >= 4 is 33.2 Å². The van der Waals surface area contributed by atoms with Gasteiger partial charge in [-0.05, 0) is 12.8 Å². The average molecular weight is 432 g/mol. The van der Waals surface area contributed by atoms with Gasteiger partial charge in [0.1, 0.15) is 11.5 Å². The number of sulfonamides is 1. The molecule has 8 nitrogen and oxygen atoms in total. The summed E-state index contributed by atoms with van der Waals surface area (Å²) in [6.07, 6.45) is 1.11. The van der Waals surface area contributed by atoms with Crippen LogP contribution in [0.2, 0.25) is 5.02 Å². The molecule has 10 heteroatoms. The third-order valence-electron chi connectivity index (χ3n) is 4.63. The van der Waals surface area contributed by atoms with E-state index in [0.717, 1.165) is 5.41 Å². The summed E-state index contributed by atoms with van der Waals surface area (Å²) in [5, 5.41) is 1.32. The van der Waals surface area contributed by atoms with Gasteiger partial charge < -0.3 is 19.3 Å². The number of carbonyl (C=O) groups excluding carboxylic acids is 1. The molecule has 0 saturated carbocycles. The number of benzene rings is 1. The fraction of sp³-hybridized carbons (Fsp3) is 0.500. The number of halogens is 1. The minimum atomic E-state index is -3.46. The molecule has 0 atom stereocenters. The van der Waals surface area contributed by atoms with E-state index >= 15 is 0 Å². The topological polar surface area (TPSA) is 88.2 Å². The van der Waals surface area contributed by atoms with Crippen molar-refractivity contribution in [2.45, 2.75) is 18.9 Å². The number of piperidine rings is 1. The number of carbonyl (C=O) groups is 1. The fourth-order valence-corrected chi connectivity index (χ4v) is 4.09. The van der Waals surface area contributed by atoms with Crippen LogP contribution in [-0.2, 0) is 14.8 Å². The normalized spacial score (nSPS) is 15.2. The van der Waals surface area contributed by atoms with Crippen molar-refractivity contribution in [1.29, 1.82) is 0 Å². The summed E-state index contributed by atoms with van der Waals surface area (Å²) >= 11 is 6.13. The SMILES string of the molecule is C=CS(=O)(=O)NC1CCN(C(=O)CN(C)c2cc(OC)c(Cl)cc2OC)CC1. The maximum Gasteiger partial charge on any atom is 0.242 e. The van der Waals surface area contributed by atoms with E-state index in [4.69, 9.17) is 21.1 Å². The van der Waals surface area contributed by atoms with Crippen LogP contribution in [0.15, 0.2) is 24.1 Å². The van der Waals surface area contributed by atoms with Gasteiger partial charge in [-0.3, -0.25) is 4.79 Å². The predicted molar refractivity (Wildman–Crippen MR) is 110 cm³/mol. The Labute approximate surface area is 171 Å². The highest BCUT2D eigenvalue weighted by molar-refractivity contribution is 7.92. The zero-order valence-electron chi connectivity index (χ0n) is 16.3. The molecule has 0 bridgehead atoms. The Morgan fingerprint density at radius 2 is 1.93 bits per heavy atom. The van der Waals surface area contributed by atoms with Crippen LogP contribution >= 0.6 is 11.6 Å². The Bertz CT molecular complexity index is 823. The van der Waals surface area contributed by atoms with Crippen molar-refractivity contribution in [1.82, 2.24) is 9.62 Å². The van der Waals surface area contributed by atoms with Gasteiger partial charge in [0, 0.05) is 43.7 Å². The van der Waals surface area contributed by atoms with E-state index < -0.39 is 10.0 Å². The summed E-state index contributed by atoms with van der Waals surface area (Å²) in [5.74, 6) is 0.981. The van der Waals surface area contributed by atoms with Gasteiger partial charge in [0.2, 0.25) is 15.9 Å². The monoisotopic (exact) mass is 431 g/mol. The zero-order valence-corrected chi connectivity index (χ0v) is 17.8. The summed E-state index contributed by atoms with van der Waals surface area (Å²) in [6.45, 7) is 4.40. The van der Waals surface area contributed by atoms with E-state index in [2.05, 4.69) is 11.3 Å². The first kappa shape index (κ1) is 22.3. The molecule has 1 heterocycles. The Morgan fingerprint density at radius 3 is 2.46 bits per heavy atom. The number of ether oxygens (including phenoxy) is 2. The fourth-order valence-electron chi connectivity index (χ4n) is 3.06. The van der Waals surface area contributed by atoms with Crippen molar-refractivity contribution in [2.75, 3.05) is 45.8 Å². The smallest absolute Gasteiger partial charge is 0.242 e. The first-order valence-electron chi connectivity index (χ1n) is 8.76. The molecule has 28 heavy (non-hydrogen) atoms. The number of anilines is 1. The van der Waals surface area contributed by atoms with Crippen molar-refractivity contribution < 1.29 is 22.7 Å². The van der Waals surface area contributed by atoms with Gasteiger partial charge in [0.05, 0.1) is 31.5 Å². The second-order valence-corrected chi connectivity index (χ2v) is 8.57. The highest BCUT2D eigenvalue weighted by atomic mass is 35.5. The van der Waals surface area contributed by atoms with Crippen LogP contribution in [0, 0.1) is 0 Å². The van der Waals surface area contributed by atoms with Gasteiger partial charge in [-0.2, -0.15) is 0 Å². The quantitative estimate of drug-likeness (QED) is 0.675. The second-order valence-electron chi connectivity index (χ2n) is 6.50. The first-order chi connectivity index (χ1) is 13.2. The number of likely N-dealkylation sites (tertiary alicyclic amines) is 1. The van der Waals surface area contributed by atoms with Crippen molar-refractivity contribution in [3.05, 3.63) is 29.1 Å². The molecule has 0 spiro atoms. The predicted octanol–water partition coefficient (Wildman–Crippen LogP) is 1.85. The number of hydrogen-bond donors (Lipinski definition) is 1. The molecule has 0 radical (unpaired) electrons. The van der Waals surface area contributed by atoms with Crippen LogP contribution in [-0.4, -0.2) is 66.2 Å². The lowest BCUT2D eigenvalue weighted by atomic mass is 10.1. The number of amides is 1. The number of likely N-dealkylation sites (N-methyl/N-ethyl adjacent to an activating group) is 1. The van der Waals surface area contributed by atoms with E-state index in [1.54, 1.807) is 29.0 Å². The van der Waals surface area contributed by atoms with E-state index in [9.17, 15) is 13.2 Å². The van der Waals surface area contributed by atoms with Crippen molar-refractivity contribution in [3.8, 4) is 11.5 Å². The van der Waals surface area contributed by atoms with Gasteiger partial charge in [-0.15, -0.1) is 0 Å². The molecule has 1 aromatic rings. The van der Waals surface area contributed by atoms with Gasteiger partial charge in [0.25, 0.3) is 0 Å². The molecule has 1 fully saturated rings. The summed E-state index contributed by atoms with van der Waals surface area (Å²) in [4.78, 5) is 16.2. The molecule has 1 aromatic carbocycles. The lowest BCUT2D eigenvalue weighted by molar-refractivity contribution is -0.130. The van der Waals surface area contributed by atoms with Crippen LogP contribution in [0.4, 0.5) is 5.69 Å². The van der Waals surface area contributed by atoms with Gasteiger partial charge in [0.15, 0.2) is 0 Å². The van der Waals surface area contributed by atoms with Crippen LogP contribution < -0.4 is 19.1 Å². The number of rotatable bonds is 8. The molecule has 0 unspecified atom stereocenters. The van der Waals surface area contributed by atoms with Gasteiger partial charge >= 0.3 is 0 Å². The number of hydrogen-bond acceptors (Lipinski definition) is 6. The summed E-state index contributed by atoms with van der Waals surface area (Å²) in [5.41, 5.74) is 0.686. The maximum absolute atomic E-state index is 12.7. The Kier molecular flexibility index (Phi) is 7.56. The number of nitrogens with zero attached hydrogens (tertiary/aromatic N) is 2. The molecule has 156 valence electrons. The zero-order chi connectivity index (χ0) is 20.9. The minimum Gasteiger partial charge on any atom is -0.495 e. The van der Waals surface area contributed by atoms with E-state index in [1.165, 1.54) is 14.2 Å². The van der Waals surface area contributed by atoms with Crippen LogP contribution in [0.1, 0.15) is 12.8 Å². The van der Waals surface area contributed by atoms with Gasteiger partial charge in [-0.1, -0.05) is 18.2 Å². The third kappa shape index (κ3) is 5.52. The highest BCUT2D eigenvalue weighted by Gasteiger charge is 2.26. The largest absolute Gasteiger partial charge is 0.495 e. The molecular weight excluding hydrogens is 406 g/mol. The Morgan fingerprint density at radius 1 is 1.32 bits per heavy atom. The lowest BCUT2D eigenvalue weighted by Gasteiger charge is -2.33. The van der Waals surface area contributed by atoms with Crippen molar-refractivity contribution in [2.24, 2.45) is 0 Å². The third-order valence-corrected chi connectivity index (χ3v) is 6.03. The summed E-state index contributed by atoms with van der Waals surface area (Å²) < 4.78 is 36.3. The van der Waals surface area contributed by atoms with E-state index in [1.807, 2.05) is 0 Å². The average Bonchev–Trinajstić information content (AvgIpc) is 2.67. The standard InChI is InChI=1S/C18H26ClN3O5S/c1-5-28(24,25)20-13-6-8-22(9-7-13)18(23)12-21(2)15-11-16(26-3)14(19)10-17(15)27-4/h5,10-11,13,20H,1,6-9,12H2,2-4H3. The van der Waals surface area contributed by atoms with Gasteiger partial charge in [-0.25, -0.2) is 13.1 Å². The minimum absolute atomic E-state index is 0.0523. The van der Waals surface area contributed by atoms with E-state index in [-0.39, 0.29) is 18.5 Å². The highest BCUT2D eigenvalue weighted by Crippen LogP contribution is 2.37. The molecule has 2 rings (SSSR count). The van der Waals surface area contributed by atoms with Crippen LogP contribution in [0.5, 0.6) is 11.5 Å². The van der Waals surface area contributed by atoms with Crippen LogP contribution in [0.3, 0.4) is 0 Å². The van der Waals surface area contributed by atoms with Crippen LogP contribution in [0.25, 0.3) is 0 Å². The van der Waals surface area contributed by atoms with Crippen molar-refractivity contribution in [3.63, 3.8) is 0 Å². The first-order valence-corrected chi connectivity index (χ1v) is 10.7. The number of methoxy groups -OCH3 is 2. The maximum atomic E-state index is 12.7. The molecule has 1 N–H and O–H groups in total. The molecule has 1 amide bonds. The molecule has 1 aliphatic heterocycles. The molecule has 1 saturated heterocycles. The molecular formula is C18H26ClN3O5S. The Hall–Kier alpha value is -1.97. The van der Waals surface area contributed by atoms with E-state index in [0.29, 0.717) is 48.1 Å². The summed E-state index contributed by atoms with van der Waals surface area (Å²) in [7, 11) is 1.38. The summed E-state index contributed by atoms with van der Waals surface area (Å²) in [6, 6.07) is 3.18. The molecule has 1 aliphatic rings. The lowest BCUT2D eigenvalue weighted by Crippen LogP contribution is -2.48. The molecule has 0 aromatic heterocycles. The second kappa shape index (κ2) is 9.49. The number of nitrogens with one attached hydrogen (secondary N) is 1.